The fraction of sp³-hybridized carbons (Fsp3) is 0.686. The normalized spacial score (nSPS) is 43.5. The van der Waals surface area contributed by atoms with Crippen LogP contribution in [-0.4, -0.2) is 66.5 Å². The molecule has 8 atom stereocenters. The quantitative estimate of drug-likeness (QED) is 0.363. The smallest absolute Gasteiger partial charge is 0.309 e. The van der Waals surface area contributed by atoms with Crippen molar-refractivity contribution in [3.63, 3.8) is 0 Å². The number of carbonyl (C=O) groups excluding carboxylic acids is 3. The molecule has 0 amide bonds. The summed E-state index contributed by atoms with van der Waals surface area (Å²) in [5, 5.41) is 24.2. The molecule has 45 heavy (non-hydrogen) atoms. The fourth-order valence-corrected chi connectivity index (χ4v) is 12.6. The highest BCUT2D eigenvalue weighted by Gasteiger charge is 2.88. The van der Waals surface area contributed by atoms with Gasteiger partial charge in [0.1, 0.15) is 23.4 Å². The van der Waals surface area contributed by atoms with Crippen molar-refractivity contribution in [2.75, 3.05) is 12.4 Å². The Kier molecular flexibility index (Phi) is 6.97. The molecule has 5 saturated carbocycles. The Morgan fingerprint density at radius 2 is 1.82 bits per heavy atom. The van der Waals surface area contributed by atoms with Crippen LogP contribution in [0, 0.1) is 52.8 Å². The van der Waals surface area contributed by atoms with Gasteiger partial charge in [-0.05, 0) is 92.4 Å². The zero-order valence-corrected chi connectivity index (χ0v) is 27.1. The summed E-state index contributed by atoms with van der Waals surface area (Å²) < 4.78 is 38.5. The van der Waals surface area contributed by atoms with E-state index in [1.54, 1.807) is 18.2 Å². The van der Waals surface area contributed by atoms with Gasteiger partial charge in [-0.3, -0.25) is 14.4 Å². The van der Waals surface area contributed by atoms with Gasteiger partial charge < -0.3 is 19.7 Å². The molecule has 7 fully saturated rings. The average molecular weight is 641 g/mol. The summed E-state index contributed by atoms with van der Waals surface area (Å²) >= 11 is 0. The SMILES string of the molecule is C=C1C(=O)[C@]23[C@H](OC(=O)C4CCC(CS(=O)(=O)c5cccc(C)c5)CC4)[C@H]1CC[C@H]2[C@@]12CO[C@@]3(O)[C@@H](O)[C@@H]1C(C)(C)CCC2=O. The Labute approximate surface area is 264 Å². The monoisotopic (exact) mass is 640 g/mol. The zero-order chi connectivity index (χ0) is 32.3. The van der Waals surface area contributed by atoms with Crippen LogP contribution in [0.25, 0.3) is 0 Å². The van der Waals surface area contributed by atoms with Crippen LogP contribution in [0.2, 0.25) is 0 Å². The van der Waals surface area contributed by atoms with E-state index in [0.29, 0.717) is 49.8 Å². The van der Waals surface area contributed by atoms with Crippen LogP contribution in [0.5, 0.6) is 0 Å². The van der Waals surface area contributed by atoms with Crippen molar-refractivity contribution in [3.8, 4) is 0 Å². The van der Waals surface area contributed by atoms with Crippen molar-refractivity contribution in [1.29, 1.82) is 0 Å². The van der Waals surface area contributed by atoms with Crippen molar-refractivity contribution in [2.45, 2.75) is 95.0 Å². The molecule has 2 N–H and O–H groups in total. The van der Waals surface area contributed by atoms with E-state index in [1.165, 1.54) is 0 Å². The van der Waals surface area contributed by atoms with Crippen LogP contribution in [0.4, 0.5) is 0 Å². The second-order valence-electron chi connectivity index (χ2n) is 15.5. The minimum Gasteiger partial charge on any atom is -0.460 e. The van der Waals surface area contributed by atoms with E-state index in [0.717, 1.165) is 5.56 Å². The van der Waals surface area contributed by atoms with Crippen LogP contribution in [0.3, 0.4) is 0 Å². The number of ketones is 2. The van der Waals surface area contributed by atoms with Gasteiger partial charge >= 0.3 is 5.97 Å². The predicted molar refractivity (Wildman–Crippen MR) is 162 cm³/mol. The van der Waals surface area contributed by atoms with Crippen molar-refractivity contribution >= 4 is 27.4 Å². The second-order valence-corrected chi connectivity index (χ2v) is 17.5. The van der Waals surface area contributed by atoms with Crippen LogP contribution in [0.1, 0.15) is 70.8 Å². The average Bonchev–Trinajstić information content (AvgIpc) is 3.10. The lowest BCUT2D eigenvalue weighted by atomic mass is 9.36. The number of fused-ring (bicyclic) bond motifs is 2. The third-order valence-corrected chi connectivity index (χ3v) is 14.7. The minimum atomic E-state index is -3.47. The number of sulfone groups is 1. The number of benzene rings is 1. The van der Waals surface area contributed by atoms with E-state index < -0.39 is 79.5 Å². The molecule has 244 valence electrons. The first-order valence-electron chi connectivity index (χ1n) is 16.4. The number of aryl methyl sites for hydroxylation is 1. The number of Topliss-reactive ketones (excluding diaryl/α,β-unsaturated/α-hetero) is 2. The highest BCUT2D eigenvalue weighted by molar-refractivity contribution is 7.91. The topological polar surface area (TPSA) is 144 Å². The highest BCUT2D eigenvalue weighted by atomic mass is 32.2. The van der Waals surface area contributed by atoms with E-state index in [2.05, 4.69) is 6.58 Å². The molecule has 1 aromatic rings. The van der Waals surface area contributed by atoms with E-state index in [9.17, 15) is 33.0 Å². The lowest BCUT2D eigenvalue weighted by Gasteiger charge is -2.73. The van der Waals surface area contributed by atoms with Gasteiger partial charge in [-0.25, -0.2) is 8.42 Å². The molecule has 4 bridgehead atoms. The summed E-state index contributed by atoms with van der Waals surface area (Å²) in [5.41, 5.74) is -2.36. The Morgan fingerprint density at radius 3 is 2.51 bits per heavy atom. The number of rotatable bonds is 5. The third kappa shape index (κ3) is 4.01. The highest BCUT2D eigenvalue weighted by Crippen LogP contribution is 2.76. The van der Waals surface area contributed by atoms with E-state index in [1.807, 2.05) is 26.8 Å². The van der Waals surface area contributed by atoms with Gasteiger partial charge in [-0.15, -0.1) is 0 Å². The largest absolute Gasteiger partial charge is 0.460 e. The van der Waals surface area contributed by atoms with Crippen molar-refractivity contribution in [2.24, 2.45) is 45.8 Å². The van der Waals surface area contributed by atoms with Crippen LogP contribution in [-0.2, 0) is 33.7 Å². The fourth-order valence-electron chi connectivity index (χ4n) is 10.8. The maximum absolute atomic E-state index is 14.3. The van der Waals surface area contributed by atoms with Crippen molar-refractivity contribution < 1.29 is 42.5 Å². The van der Waals surface area contributed by atoms with E-state index in [-0.39, 0.29) is 36.1 Å². The van der Waals surface area contributed by atoms with Gasteiger partial charge in [0, 0.05) is 18.3 Å². The summed E-state index contributed by atoms with van der Waals surface area (Å²) in [6, 6.07) is 6.88. The second kappa shape index (κ2) is 10.1. The Bertz CT molecular complexity index is 1590. The maximum Gasteiger partial charge on any atom is 0.309 e. The number of hydrogen-bond acceptors (Lipinski definition) is 9. The van der Waals surface area contributed by atoms with Gasteiger partial charge in [0.25, 0.3) is 0 Å². The van der Waals surface area contributed by atoms with Crippen LogP contribution in [0.15, 0.2) is 41.3 Å². The number of ether oxygens (including phenoxy) is 2. The molecule has 2 spiro atoms. The lowest BCUT2D eigenvalue weighted by Crippen LogP contribution is -2.85. The first-order valence-corrected chi connectivity index (χ1v) is 18.1. The molecule has 0 radical (unpaired) electrons. The lowest BCUT2D eigenvalue weighted by molar-refractivity contribution is -0.437. The summed E-state index contributed by atoms with van der Waals surface area (Å²) in [6.07, 6.45) is 1.11. The first kappa shape index (κ1) is 31.2. The van der Waals surface area contributed by atoms with Gasteiger partial charge in [-0.2, -0.15) is 0 Å². The van der Waals surface area contributed by atoms with E-state index in [4.69, 9.17) is 9.47 Å². The number of aliphatic hydroxyl groups excluding tert-OH is 1. The Hall–Kier alpha value is -2.40. The molecule has 8 rings (SSSR count). The molecule has 1 aromatic carbocycles. The molecular weight excluding hydrogens is 596 g/mol. The minimum absolute atomic E-state index is 0.0118. The summed E-state index contributed by atoms with van der Waals surface area (Å²) in [4.78, 5) is 42.3. The molecule has 2 aliphatic heterocycles. The van der Waals surface area contributed by atoms with Gasteiger partial charge in [-0.1, -0.05) is 32.6 Å². The molecule has 0 unspecified atom stereocenters. The van der Waals surface area contributed by atoms with E-state index >= 15 is 0 Å². The number of carbonyl (C=O) groups is 3. The molecule has 0 aromatic heterocycles. The molecule has 2 saturated heterocycles. The Balaban J connectivity index is 1.14. The van der Waals surface area contributed by atoms with Gasteiger partial charge in [0.05, 0.1) is 28.6 Å². The maximum atomic E-state index is 14.3. The first-order chi connectivity index (χ1) is 21.1. The third-order valence-electron chi connectivity index (χ3n) is 12.8. The molecule has 5 aliphatic carbocycles. The van der Waals surface area contributed by atoms with Crippen LogP contribution < -0.4 is 0 Å². The zero-order valence-electron chi connectivity index (χ0n) is 26.3. The van der Waals surface area contributed by atoms with Gasteiger partial charge in [0.15, 0.2) is 15.6 Å². The number of esters is 1. The summed E-state index contributed by atoms with van der Waals surface area (Å²) in [6.45, 7) is 9.82. The summed E-state index contributed by atoms with van der Waals surface area (Å²) in [7, 11) is -3.47. The molecule has 10 heteroatoms. The van der Waals surface area contributed by atoms with Crippen LogP contribution >= 0.6 is 0 Å². The molecule has 7 aliphatic rings. The molecule has 9 nitrogen and oxygen atoms in total. The molecule has 2 heterocycles. The van der Waals surface area contributed by atoms with Gasteiger partial charge in [0.2, 0.25) is 5.79 Å². The Morgan fingerprint density at radius 1 is 1.11 bits per heavy atom. The number of aliphatic hydroxyl groups is 2. The standard InChI is InChI=1S/C35H44O9S/c1-19-6-5-7-23(16-19)45(41,42)17-21-8-10-22(11-9-21)31(39)44-30-24-12-13-25-33-18-43-35(40,34(25,30)28(37)20(24)2)29(38)27(33)32(3,4)15-14-26(33)36/h5-7,16,21-22,24-25,27,29-30,38,40H,2,8-15,17-18H2,1,3-4H3/t21?,22?,24-,25-,27+,29-,30+,33+,34-,35-/m0/s1. The van der Waals surface area contributed by atoms with Crippen molar-refractivity contribution in [3.05, 3.63) is 42.0 Å². The summed E-state index contributed by atoms with van der Waals surface area (Å²) in [5.74, 6) is -5.77. The predicted octanol–water partition coefficient (Wildman–Crippen LogP) is 3.72. The van der Waals surface area contributed by atoms with Crippen molar-refractivity contribution in [1.82, 2.24) is 0 Å². The number of hydrogen-bond donors (Lipinski definition) is 2. The molecular formula is C35H44O9S.